The molecule has 0 saturated carbocycles. The van der Waals surface area contributed by atoms with Crippen LogP contribution in [-0.2, 0) is 9.53 Å². The van der Waals surface area contributed by atoms with Gasteiger partial charge in [0.2, 0.25) is 5.91 Å². The highest BCUT2D eigenvalue weighted by Gasteiger charge is 2.29. The molecule has 3 rings (SSSR count). The molecule has 1 atom stereocenters. The van der Waals surface area contributed by atoms with Gasteiger partial charge in [0, 0.05) is 46.4 Å². The Hall–Kier alpha value is -2.76. The third-order valence-corrected chi connectivity index (χ3v) is 4.87. The van der Waals surface area contributed by atoms with Crippen molar-refractivity contribution in [1.29, 1.82) is 5.26 Å². The highest BCUT2D eigenvalue weighted by molar-refractivity contribution is 5.88. The number of nitriles is 1. The van der Waals surface area contributed by atoms with Gasteiger partial charge >= 0.3 is 0 Å². The average molecular weight is 382 g/mol. The van der Waals surface area contributed by atoms with Crippen LogP contribution < -0.4 is 10.2 Å². The molecule has 148 valence electrons. The second kappa shape index (κ2) is 9.44. The van der Waals surface area contributed by atoms with E-state index in [4.69, 9.17) is 9.72 Å². The molecule has 0 radical (unpaired) electrons. The number of rotatable bonds is 7. The van der Waals surface area contributed by atoms with Crippen molar-refractivity contribution in [3.05, 3.63) is 30.0 Å². The number of piperazine rings is 1. The maximum Gasteiger partial charge on any atom is 0.243 e. The summed E-state index contributed by atoms with van der Waals surface area (Å²) in [5.74, 6) is -0.724. The highest BCUT2D eigenvalue weighted by atomic mass is 16.5. The SMILES string of the molecule is COCCCNC(=O)C(C#N)c1nc2ccccc2nc1N1CCN(C)CC1. The Balaban J connectivity index is 1.93. The van der Waals surface area contributed by atoms with Crippen molar-refractivity contribution in [3.8, 4) is 6.07 Å². The monoisotopic (exact) mass is 382 g/mol. The molecule has 1 aliphatic rings. The zero-order valence-electron chi connectivity index (χ0n) is 16.4. The number of fused-ring (bicyclic) bond motifs is 1. The maximum atomic E-state index is 12.7. The Labute approximate surface area is 165 Å². The summed E-state index contributed by atoms with van der Waals surface area (Å²) in [6.45, 7) is 4.37. The molecule has 0 spiro atoms. The molecule has 2 aromatic rings. The fraction of sp³-hybridized carbons (Fsp3) is 0.500. The molecule has 8 heteroatoms. The fourth-order valence-electron chi connectivity index (χ4n) is 3.22. The first kappa shape index (κ1) is 20.0. The first-order valence-electron chi connectivity index (χ1n) is 9.50. The van der Waals surface area contributed by atoms with E-state index in [-0.39, 0.29) is 5.91 Å². The molecule has 2 heterocycles. The Morgan fingerprint density at radius 3 is 2.57 bits per heavy atom. The quantitative estimate of drug-likeness (QED) is 0.718. The minimum atomic E-state index is -1.01. The summed E-state index contributed by atoms with van der Waals surface area (Å²) in [5, 5.41) is 12.6. The minimum Gasteiger partial charge on any atom is -0.385 e. The van der Waals surface area contributed by atoms with Gasteiger partial charge in [0.25, 0.3) is 0 Å². The van der Waals surface area contributed by atoms with Gasteiger partial charge in [-0.3, -0.25) is 4.79 Å². The minimum absolute atomic E-state index is 0.349. The molecule has 1 N–H and O–H groups in total. The van der Waals surface area contributed by atoms with Crippen LogP contribution in [0.2, 0.25) is 0 Å². The number of carbonyl (C=O) groups is 1. The van der Waals surface area contributed by atoms with Crippen molar-refractivity contribution >= 4 is 22.8 Å². The number of nitrogens with zero attached hydrogens (tertiary/aromatic N) is 5. The van der Waals surface area contributed by atoms with Crippen LogP contribution in [0, 0.1) is 11.3 Å². The molecule has 1 aromatic carbocycles. The normalized spacial score (nSPS) is 16.0. The molecule has 8 nitrogen and oxygen atoms in total. The molecule has 1 unspecified atom stereocenters. The summed E-state index contributed by atoms with van der Waals surface area (Å²) < 4.78 is 5.00. The van der Waals surface area contributed by atoms with E-state index >= 15 is 0 Å². The number of para-hydroxylation sites is 2. The second-order valence-electron chi connectivity index (χ2n) is 6.91. The van der Waals surface area contributed by atoms with Gasteiger partial charge in [0.05, 0.1) is 17.1 Å². The van der Waals surface area contributed by atoms with Crippen LogP contribution in [0.4, 0.5) is 5.82 Å². The molecule has 28 heavy (non-hydrogen) atoms. The zero-order valence-corrected chi connectivity index (χ0v) is 16.4. The number of likely N-dealkylation sites (N-methyl/N-ethyl adjacent to an activating group) is 1. The third kappa shape index (κ3) is 4.55. The van der Waals surface area contributed by atoms with Gasteiger partial charge in [-0.05, 0) is 25.6 Å². The summed E-state index contributed by atoms with van der Waals surface area (Å²) in [6.07, 6.45) is 0.690. The fourth-order valence-corrected chi connectivity index (χ4v) is 3.22. The van der Waals surface area contributed by atoms with Crippen molar-refractivity contribution < 1.29 is 9.53 Å². The molecule has 1 fully saturated rings. The van der Waals surface area contributed by atoms with E-state index in [1.165, 1.54) is 0 Å². The lowest BCUT2D eigenvalue weighted by molar-refractivity contribution is -0.121. The number of carbonyl (C=O) groups excluding carboxylic acids is 1. The van der Waals surface area contributed by atoms with Gasteiger partial charge in [0.1, 0.15) is 5.69 Å². The molecule has 1 saturated heterocycles. The van der Waals surface area contributed by atoms with E-state index in [1.807, 2.05) is 24.3 Å². The third-order valence-electron chi connectivity index (χ3n) is 4.87. The summed E-state index contributed by atoms with van der Waals surface area (Å²) >= 11 is 0. The summed E-state index contributed by atoms with van der Waals surface area (Å²) in [6, 6.07) is 9.67. The number of nitrogens with one attached hydrogen (secondary N) is 1. The summed E-state index contributed by atoms with van der Waals surface area (Å²) in [4.78, 5) is 26.5. The lowest BCUT2D eigenvalue weighted by Crippen LogP contribution is -2.45. The zero-order chi connectivity index (χ0) is 19.9. The predicted molar refractivity (Wildman–Crippen MR) is 107 cm³/mol. The Kier molecular flexibility index (Phi) is 6.74. The first-order chi connectivity index (χ1) is 13.6. The Morgan fingerprint density at radius 2 is 1.93 bits per heavy atom. The Morgan fingerprint density at radius 1 is 1.25 bits per heavy atom. The standard InChI is InChI=1S/C20H26N6O2/c1-25-9-11-26(12-10-25)19-18(23-16-6-3-4-7-17(16)24-19)15(14-21)20(27)22-8-5-13-28-2/h3-4,6-7,15H,5,8-13H2,1-2H3,(H,22,27). The van der Waals surface area contributed by atoms with Gasteiger partial charge in [-0.1, -0.05) is 12.1 Å². The molecule has 1 amide bonds. The van der Waals surface area contributed by atoms with Crippen molar-refractivity contribution in [2.75, 3.05) is 58.4 Å². The smallest absolute Gasteiger partial charge is 0.243 e. The second-order valence-corrected chi connectivity index (χ2v) is 6.91. The summed E-state index contributed by atoms with van der Waals surface area (Å²) in [5.41, 5.74) is 1.87. The van der Waals surface area contributed by atoms with Gasteiger partial charge in [0.15, 0.2) is 11.7 Å². The average Bonchev–Trinajstić information content (AvgIpc) is 2.72. The van der Waals surface area contributed by atoms with Crippen LogP contribution >= 0.6 is 0 Å². The van der Waals surface area contributed by atoms with E-state index in [1.54, 1.807) is 7.11 Å². The van der Waals surface area contributed by atoms with Crippen molar-refractivity contribution in [2.24, 2.45) is 0 Å². The first-order valence-corrected chi connectivity index (χ1v) is 9.50. The lowest BCUT2D eigenvalue weighted by atomic mass is 10.0. The highest BCUT2D eigenvalue weighted by Crippen LogP contribution is 2.28. The molecule has 1 aliphatic heterocycles. The lowest BCUT2D eigenvalue weighted by Gasteiger charge is -2.34. The maximum absolute atomic E-state index is 12.7. The van der Waals surface area contributed by atoms with E-state index in [9.17, 15) is 10.1 Å². The molecule has 0 aliphatic carbocycles. The van der Waals surface area contributed by atoms with Crippen LogP contribution in [0.15, 0.2) is 24.3 Å². The topological polar surface area (TPSA) is 94.4 Å². The Bertz CT molecular complexity index is 857. The van der Waals surface area contributed by atoms with Gasteiger partial charge in [-0.25, -0.2) is 9.97 Å². The number of anilines is 1. The van der Waals surface area contributed by atoms with E-state index in [0.29, 0.717) is 36.6 Å². The molecular formula is C20H26N6O2. The van der Waals surface area contributed by atoms with Crippen molar-refractivity contribution in [1.82, 2.24) is 20.2 Å². The van der Waals surface area contributed by atoms with E-state index < -0.39 is 5.92 Å². The predicted octanol–water partition coefficient (Wildman–Crippen LogP) is 1.14. The number of methoxy groups -OCH3 is 1. The van der Waals surface area contributed by atoms with Crippen LogP contribution in [0.5, 0.6) is 0 Å². The van der Waals surface area contributed by atoms with Crippen LogP contribution in [0.3, 0.4) is 0 Å². The van der Waals surface area contributed by atoms with Gasteiger partial charge < -0.3 is 19.9 Å². The van der Waals surface area contributed by atoms with Gasteiger partial charge in [-0.2, -0.15) is 5.26 Å². The van der Waals surface area contributed by atoms with Crippen molar-refractivity contribution in [2.45, 2.75) is 12.3 Å². The van der Waals surface area contributed by atoms with Crippen LogP contribution in [0.1, 0.15) is 18.0 Å². The molecule has 1 aromatic heterocycles. The number of hydrogen-bond acceptors (Lipinski definition) is 7. The number of benzene rings is 1. The van der Waals surface area contributed by atoms with E-state index in [2.05, 4.69) is 33.2 Å². The molecule has 0 bridgehead atoms. The number of hydrogen-bond donors (Lipinski definition) is 1. The number of amides is 1. The molecular weight excluding hydrogens is 356 g/mol. The van der Waals surface area contributed by atoms with Crippen LogP contribution in [0.25, 0.3) is 11.0 Å². The van der Waals surface area contributed by atoms with Gasteiger partial charge in [-0.15, -0.1) is 0 Å². The summed E-state index contributed by atoms with van der Waals surface area (Å²) in [7, 11) is 3.70. The number of aromatic nitrogens is 2. The number of ether oxygens (including phenoxy) is 1. The largest absolute Gasteiger partial charge is 0.385 e. The van der Waals surface area contributed by atoms with E-state index in [0.717, 1.165) is 31.7 Å². The van der Waals surface area contributed by atoms with Crippen LogP contribution in [-0.4, -0.2) is 74.3 Å². The van der Waals surface area contributed by atoms with Crippen molar-refractivity contribution in [3.63, 3.8) is 0 Å².